The maximum atomic E-state index is 12.5. The lowest BCUT2D eigenvalue weighted by molar-refractivity contribution is -0.137. The van der Waals surface area contributed by atoms with Gasteiger partial charge in [-0.3, -0.25) is 10.1 Å². The van der Waals surface area contributed by atoms with E-state index in [0.29, 0.717) is 20.3 Å². The molecule has 0 bridgehead atoms. The van der Waals surface area contributed by atoms with E-state index in [0.717, 1.165) is 35.6 Å². The molecule has 124 valence electrons. The van der Waals surface area contributed by atoms with Crippen molar-refractivity contribution in [2.75, 3.05) is 5.32 Å². The number of halogens is 5. The largest absolute Gasteiger partial charge is 0.416 e. The Morgan fingerprint density at radius 3 is 2.25 bits per heavy atom. The van der Waals surface area contributed by atoms with Gasteiger partial charge in [-0.25, -0.2) is 4.98 Å². The zero-order chi connectivity index (χ0) is 17.5. The number of benzene rings is 2. The highest BCUT2D eigenvalue weighted by molar-refractivity contribution is 7.23. The van der Waals surface area contributed by atoms with Crippen molar-refractivity contribution in [3.05, 3.63) is 57.6 Å². The number of carbonyl (C=O) groups is 1. The number of amides is 1. The van der Waals surface area contributed by atoms with Gasteiger partial charge in [-0.1, -0.05) is 34.5 Å². The Labute approximate surface area is 148 Å². The summed E-state index contributed by atoms with van der Waals surface area (Å²) in [7, 11) is 0. The highest BCUT2D eigenvalue weighted by Crippen LogP contribution is 2.36. The number of fused-ring (bicyclic) bond motifs is 1. The fraction of sp³-hybridized carbons (Fsp3) is 0.0667. The molecule has 0 aliphatic rings. The molecule has 0 unspecified atom stereocenters. The summed E-state index contributed by atoms with van der Waals surface area (Å²) in [6, 6.07) is 7.11. The minimum atomic E-state index is -4.45. The van der Waals surface area contributed by atoms with Gasteiger partial charge in [0.25, 0.3) is 5.91 Å². The summed E-state index contributed by atoms with van der Waals surface area (Å²) in [4.78, 5) is 16.3. The normalized spacial score (nSPS) is 11.7. The van der Waals surface area contributed by atoms with Crippen LogP contribution < -0.4 is 5.32 Å². The molecule has 1 heterocycles. The van der Waals surface area contributed by atoms with E-state index in [1.807, 2.05) is 0 Å². The highest BCUT2D eigenvalue weighted by Gasteiger charge is 2.30. The van der Waals surface area contributed by atoms with Crippen LogP contribution >= 0.6 is 34.5 Å². The molecular weight excluding hydrogens is 384 g/mol. The van der Waals surface area contributed by atoms with Crippen molar-refractivity contribution in [3.63, 3.8) is 0 Å². The summed E-state index contributed by atoms with van der Waals surface area (Å²) in [6.45, 7) is 0. The molecule has 1 amide bonds. The van der Waals surface area contributed by atoms with E-state index in [9.17, 15) is 18.0 Å². The minimum Gasteiger partial charge on any atom is -0.298 e. The van der Waals surface area contributed by atoms with E-state index < -0.39 is 17.6 Å². The van der Waals surface area contributed by atoms with Crippen LogP contribution in [0.15, 0.2) is 36.4 Å². The van der Waals surface area contributed by atoms with Gasteiger partial charge >= 0.3 is 6.18 Å². The van der Waals surface area contributed by atoms with Crippen molar-refractivity contribution in [2.45, 2.75) is 6.18 Å². The summed E-state index contributed by atoms with van der Waals surface area (Å²) in [5.74, 6) is -0.574. The topological polar surface area (TPSA) is 42.0 Å². The summed E-state index contributed by atoms with van der Waals surface area (Å²) in [5.41, 5.74) is -0.283. The Morgan fingerprint density at radius 1 is 1.04 bits per heavy atom. The fourth-order valence-corrected chi connectivity index (χ4v) is 3.39. The van der Waals surface area contributed by atoms with Crippen molar-refractivity contribution in [1.29, 1.82) is 0 Å². The maximum absolute atomic E-state index is 12.5. The average molecular weight is 391 g/mol. The third-order valence-corrected chi connectivity index (χ3v) is 4.88. The molecule has 1 N–H and O–H groups in total. The predicted octanol–water partition coefficient (Wildman–Crippen LogP) is 5.87. The van der Waals surface area contributed by atoms with Crippen LogP contribution in [0.4, 0.5) is 18.3 Å². The van der Waals surface area contributed by atoms with Crippen LogP contribution in [0.1, 0.15) is 15.9 Å². The van der Waals surface area contributed by atoms with Crippen LogP contribution in [0.3, 0.4) is 0 Å². The lowest BCUT2D eigenvalue weighted by atomic mass is 10.1. The number of nitrogens with zero attached hydrogens (tertiary/aromatic N) is 1. The second-order valence-corrected chi connectivity index (χ2v) is 6.57. The van der Waals surface area contributed by atoms with E-state index >= 15 is 0 Å². The lowest BCUT2D eigenvalue weighted by Crippen LogP contribution is -2.12. The first-order valence-corrected chi connectivity index (χ1v) is 8.06. The SMILES string of the molecule is O=C(Nc1nc2c(Cl)ccc(Cl)c2s1)c1ccc(C(F)(F)F)cc1. The Morgan fingerprint density at radius 2 is 1.67 bits per heavy atom. The molecular formula is C15H7Cl2F3N2OS. The second kappa shape index (κ2) is 6.23. The van der Waals surface area contributed by atoms with Gasteiger partial charge in [0.05, 0.1) is 20.3 Å². The van der Waals surface area contributed by atoms with E-state index in [4.69, 9.17) is 23.2 Å². The molecule has 0 aliphatic heterocycles. The number of hydrogen-bond donors (Lipinski definition) is 1. The van der Waals surface area contributed by atoms with Crippen molar-refractivity contribution in [1.82, 2.24) is 4.98 Å². The molecule has 3 aromatic rings. The lowest BCUT2D eigenvalue weighted by Gasteiger charge is -2.07. The van der Waals surface area contributed by atoms with Crippen LogP contribution in [0.25, 0.3) is 10.2 Å². The number of alkyl halides is 3. The molecule has 0 radical (unpaired) electrons. The van der Waals surface area contributed by atoms with Crippen molar-refractivity contribution >= 4 is 55.8 Å². The Hall–Kier alpha value is -1.83. The first-order chi connectivity index (χ1) is 11.3. The summed E-state index contributed by atoms with van der Waals surface area (Å²) >= 11 is 13.2. The summed E-state index contributed by atoms with van der Waals surface area (Å²) < 4.78 is 38.2. The Kier molecular flexibility index (Phi) is 4.42. The number of thiazole rings is 1. The van der Waals surface area contributed by atoms with E-state index in [-0.39, 0.29) is 10.7 Å². The quantitative estimate of drug-likeness (QED) is 0.593. The zero-order valence-electron chi connectivity index (χ0n) is 11.6. The molecule has 3 nitrogen and oxygen atoms in total. The molecule has 0 spiro atoms. The molecule has 0 saturated heterocycles. The van der Waals surface area contributed by atoms with Gasteiger partial charge in [0, 0.05) is 5.56 Å². The molecule has 0 saturated carbocycles. The zero-order valence-corrected chi connectivity index (χ0v) is 13.9. The smallest absolute Gasteiger partial charge is 0.298 e. The summed E-state index contributed by atoms with van der Waals surface area (Å²) in [6.07, 6.45) is -4.45. The van der Waals surface area contributed by atoms with Crippen molar-refractivity contribution in [3.8, 4) is 0 Å². The van der Waals surface area contributed by atoms with E-state index in [1.165, 1.54) is 0 Å². The number of aromatic nitrogens is 1. The number of rotatable bonds is 2. The van der Waals surface area contributed by atoms with Crippen LogP contribution in [0.2, 0.25) is 10.0 Å². The van der Waals surface area contributed by atoms with E-state index in [1.54, 1.807) is 12.1 Å². The standard InChI is InChI=1S/C15H7Cl2F3N2OS/c16-9-5-6-10(17)12-11(9)21-14(24-12)22-13(23)7-1-3-8(4-2-7)15(18,19)20/h1-6H,(H,21,22,23). The third kappa shape index (κ3) is 3.33. The molecule has 0 fully saturated rings. The van der Waals surface area contributed by atoms with Gasteiger partial charge in [0.1, 0.15) is 5.52 Å². The fourth-order valence-electron chi connectivity index (χ4n) is 1.98. The minimum absolute atomic E-state index is 0.0828. The van der Waals surface area contributed by atoms with Gasteiger partial charge in [-0.05, 0) is 36.4 Å². The summed E-state index contributed by atoms with van der Waals surface area (Å²) in [5, 5.41) is 3.62. The molecule has 3 rings (SSSR count). The second-order valence-electron chi connectivity index (χ2n) is 4.76. The van der Waals surface area contributed by atoms with Gasteiger partial charge in [-0.2, -0.15) is 13.2 Å². The Balaban J connectivity index is 1.85. The maximum Gasteiger partial charge on any atom is 0.416 e. The van der Waals surface area contributed by atoms with Crippen LogP contribution in [0, 0.1) is 0 Å². The molecule has 0 aliphatic carbocycles. The van der Waals surface area contributed by atoms with Gasteiger partial charge in [0.2, 0.25) is 0 Å². The number of hydrogen-bond acceptors (Lipinski definition) is 3. The third-order valence-electron chi connectivity index (χ3n) is 3.14. The predicted molar refractivity (Wildman–Crippen MR) is 89.0 cm³/mol. The van der Waals surface area contributed by atoms with Crippen molar-refractivity contribution < 1.29 is 18.0 Å². The molecule has 1 aromatic heterocycles. The monoisotopic (exact) mass is 390 g/mol. The van der Waals surface area contributed by atoms with Crippen LogP contribution in [0.5, 0.6) is 0 Å². The molecule has 2 aromatic carbocycles. The first kappa shape index (κ1) is 17.0. The molecule has 24 heavy (non-hydrogen) atoms. The van der Waals surface area contributed by atoms with Gasteiger partial charge in [0.15, 0.2) is 5.13 Å². The Bertz CT molecular complexity index is 884. The van der Waals surface area contributed by atoms with Crippen LogP contribution in [-0.2, 0) is 6.18 Å². The van der Waals surface area contributed by atoms with Crippen LogP contribution in [-0.4, -0.2) is 10.9 Å². The number of anilines is 1. The highest BCUT2D eigenvalue weighted by atomic mass is 35.5. The number of nitrogens with one attached hydrogen (secondary N) is 1. The average Bonchev–Trinajstić information content (AvgIpc) is 2.95. The van der Waals surface area contributed by atoms with Gasteiger partial charge in [-0.15, -0.1) is 0 Å². The number of carbonyl (C=O) groups excluding carboxylic acids is 1. The van der Waals surface area contributed by atoms with Crippen molar-refractivity contribution in [2.24, 2.45) is 0 Å². The first-order valence-electron chi connectivity index (χ1n) is 6.49. The van der Waals surface area contributed by atoms with Gasteiger partial charge < -0.3 is 0 Å². The molecule has 0 atom stereocenters. The van der Waals surface area contributed by atoms with E-state index in [2.05, 4.69) is 10.3 Å². The molecule has 9 heteroatoms.